The van der Waals surface area contributed by atoms with Gasteiger partial charge in [-0.3, -0.25) is 0 Å². The van der Waals surface area contributed by atoms with Gasteiger partial charge in [-0.1, -0.05) is 0 Å². The first kappa shape index (κ1) is 12.3. The van der Waals surface area contributed by atoms with Crippen LogP contribution >= 0.6 is 0 Å². The van der Waals surface area contributed by atoms with Gasteiger partial charge in [0.05, 0.1) is 30.3 Å². The van der Waals surface area contributed by atoms with Gasteiger partial charge >= 0.3 is 0 Å². The quantitative estimate of drug-likeness (QED) is 0.842. The molecule has 96 valence electrons. The largest absolute Gasteiger partial charge is 0.481 e. The van der Waals surface area contributed by atoms with Crippen LogP contribution in [0.25, 0.3) is 0 Å². The number of hydrogen-bond acceptors (Lipinski definition) is 4. The maximum absolute atomic E-state index is 12.7. The summed E-state index contributed by atoms with van der Waals surface area (Å²) in [6, 6.07) is 2.95. The van der Waals surface area contributed by atoms with E-state index >= 15 is 0 Å². The van der Waals surface area contributed by atoms with Crippen molar-refractivity contribution in [2.24, 2.45) is 7.05 Å². The van der Waals surface area contributed by atoms with E-state index in [0.717, 1.165) is 22.8 Å². The predicted molar refractivity (Wildman–Crippen MR) is 66.0 cm³/mol. The fourth-order valence-corrected chi connectivity index (χ4v) is 1.81. The molecular formula is C12H15FN4O. The van der Waals surface area contributed by atoms with Gasteiger partial charge in [0.15, 0.2) is 0 Å². The van der Waals surface area contributed by atoms with Crippen LogP contribution in [0.1, 0.15) is 11.3 Å². The summed E-state index contributed by atoms with van der Waals surface area (Å²) in [5.41, 5.74) is 2.63. The van der Waals surface area contributed by atoms with E-state index < -0.39 is 5.95 Å². The van der Waals surface area contributed by atoms with Gasteiger partial charge in [0.25, 0.3) is 0 Å². The van der Waals surface area contributed by atoms with Crippen molar-refractivity contribution in [1.29, 1.82) is 0 Å². The van der Waals surface area contributed by atoms with Crippen LogP contribution < -0.4 is 10.1 Å². The Bertz CT molecular complexity index is 536. The highest BCUT2D eigenvalue weighted by atomic mass is 19.1. The summed E-state index contributed by atoms with van der Waals surface area (Å²) >= 11 is 0. The lowest BCUT2D eigenvalue weighted by Crippen LogP contribution is -2.03. The minimum absolute atomic E-state index is 0.490. The van der Waals surface area contributed by atoms with Gasteiger partial charge in [-0.2, -0.15) is 9.49 Å². The molecule has 0 atom stereocenters. The Hall–Kier alpha value is -2.11. The van der Waals surface area contributed by atoms with E-state index in [0.29, 0.717) is 6.54 Å². The van der Waals surface area contributed by atoms with Gasteiger partial charge < -0.3 is 10.1 Å². The van der Waals surface area contributed by atoms with Crippen LogP contribution in [0, 0.1) is 12.9 Å². The summed E-state index contributed by atoms with van der Waals surface area (Å²) in [5.74, 6) is 0.228. The van der Waals surface area contributed by atoms with Crippen molar-refractivity contribution >= 4 is 5.69 Å². The van der Waals surface area contributed by atoms with Crippen molar-refractivity contribution in [3.8, 4) is 5.88 Å². The topological polar surface area (TPSA) is 52.0 Å². The van der Waals surface area contributed by atoms with Crippen molar-refractivity contribution in [1.82, 2.24) is 14.8 Å². The van der Waals surface area contributed by atoms with Crippen molar-refractivity contribution in [3.63, 3.8) is 0 Å². The molecule has 0 unspecified atom stereocenters. The monoisotopic (exact) mass is 250 g/mol. The Morgan fingerprint density at radius 2 is 2.22 bits per heavy atom. The Labute approximate surface area is 105 Å². The molecule has 6 heteroatoms. The van der Waals surface area contributed by atoms with Crippen LogP contribution in [0.3, 0.4) is 0 Å². The molecule has 2 aromatic heterocycles. The summed E-state index contributed by atoms with van der Waals surface area (Å²) in [6.07, 6.45) is 1.45. The summed E-state index contributed by atoms with van der Waals surface area (Å²) in [6.45, 7) is 2.47. The third-order valence-electron chi connectivity index (χ3n) is 2.68. The lowest BCUT2D eigenvalue weighted by Gasteiger charge is -2.07. The number of pyridine rings is 1. The highest BCUT2D eigenvalue weighted by Gasteiger charge is 2.13. The number of nitrogens with one attached hydrogen (secondary N) is 1. The van der Waals surface area contributed by atoms with E-state index in [9.17, 15) is 4.39 Å². The average molecular weight is 250 g/mol. The Kier molecular flexibility index (Phi) is 3.45. The molecule has 5 nitrogen and oxygen atoms in total. The molecule has 2 heterocycles. The van der Waals surface area contributed by atoms with Crippen LogP contribution in [0.15, 0.2) is 18.3 Å². The average Bonchev–Trinajstić information content (AvgIpc) is 2.62. The van der Waals surface area contributed by atoms with Crippen LogP contribution in [0.2, 0.25) is 0 Å². The molecular weight excluding hydrogens is 235 g/mol. The molecule has 0 aliphatic rings. The predicted octanol–water partition coefficient (Wildman–Crippen LogP) is 1.88. The molecule has 18 heavy (non-hydrogen) atoms. The number of nitrogens with zero attached hydrogens (tertiary/aromatic N) is 3. The maximum atomic E-state index is 12.7. The van der Waals surface area contributed by atoms with Crippen LogP contribution in [-0.2, 0) is 13.6 Å². The van der Waals surface area contributed by atoms with Crippen LogP contribution in [0.5, 0.6) is 5.88 Å². The molecule has 0 saturated heterocycles. The number of anilines is 1. The lowest BCUT2D eigenvalue weighted by molar-refractivity contribution is 0.370. The van der Waals surface area contributed by atoms with Gasteiger partial charge in [-0.05, 0) is 19.1 Å². The zero-order valence-electron chi connectivity index (χ0n) is 10.6. The van der Waals surface area contributed by atoms with Crippen molar-refractivity contribution in [2.45, 2.75) is 13.5 Å². The molecule has 0 aromatic carbocycles. The van der Waals surface area contributed by atoms with E-state index in [1.54, 1.807) is 17.9 Å². The molecule has 0 bridgehead atoms. The van der Waals surface area contributed by atoms with E-state index in [-0.39, 0.29) is 0 Å². The fourth-order valence-electron chi connectivity index (χ4n) is 1.81. The molecule has 1 N–H and O–H groups in total. The number of aryl methyl sites for hydroxylation is 2. The lowest BCUT2D eigenvalue weighted by atomic mass is 10.2. The minimum atomic E-state index is -0.490. The Balaban J connectivity index is 2.12. The SMILES string of the molecule is COc1c(CNc2ccc(F)nc2)c(C)nn1C. The highest BCUT2D eigenvalue weighted by Crippen LogP contribution is 2.21. The molecule has 0 aliphatic carbocycles. The molecule has 0 fully saturated rings. The maximum Gasteiger partial charge on any atom is 0.216 e. The molecule has 0 aliphatic heterocycles. The zero-order chi connectivity index (χ0) is 13.1. The normalized spacial score (nSPS) is 10.4. The van der Waals surface area contributed by atoms with E-state index in [1.807, 2.05) is 14.0 Å². The molecule has 2 rings (SSSR count). The fraction of sp³-hybridized carbons (Fsp3) is 0.333. The van der Waals surface area contributed by atoms with Gasteiger partial charge in [-0.25, -0.2) is 9.67 Å². The van der Waals surface area contributed by atoms with Crippen molar-refractivity contribution in [2.75, 3.05) is 12.4 Å². The van der Waals surface area contributed by atoms with E-state index in [2.05, 4.69) is 15.4 Å². The second kappa shape index (κ2) is 5.03. The number of rotatable bonds is 4. The summed E-state index contributed by atoms with van der Waals surface area (Å²) in [5, 5.41) is 7.44. The molecule has 0 amide bonds. The first-order valence-electron chi connectivity index (χ1n) is 5.53. The minimum Gasteiger partial charge on any atom is -0.481 e. The molecule has 0 spiro atoms. The summed E-state index contributed by atoms with van der Waals surface area (Å²) in [7, 11) is 3.44. The van der Waals surface area contributed by atoms with E-state index in [1.165, 1.54) is 12.3 Å². The Morgan fingerprint density at radius 3 is 2.83 bits per heavy atom. The number of ether oxygens (including phenoxy) is 1. The first-order valence-corrected chi connectivity index (χ1v) is 5.53. The third-order valence-corrected chi connectivity index (χ3v) is 2.68. The highest BCUT2D eigenvalue weighted by molar-refractivity contribution is 5.43. The number of aromatic nitrogens is 3. The standard InChI is InChI=1S/C12H15FN4O/c1-8-10(12(18-3)17(2)16-8)7-14-9-4-5-11(13)15-6-9/h4-6,14H,7H2,1-3H3. The number of methoxy groups -OCH3 is 1. The second-order valence-electron chi connectivity index (χ2n) is 3.92. The summed E-state index contributed by atoms with van der Waals surface area (Å²) < 4.78 is 19.6. The van der Waals surface area contributed by atoms with Crippen molar-refractivity contribution < 1.29 is 9.13 Å². The van der Waals surface area contributed by atoms with E-state index in [4.69, 9.17) is 4.74 Å². The van der Waals surface area contributed by atoms with Gasteiger partial charge in [-0.15, -0.1) is 0 Å². The molecule has 0 saturated carbocycles. The molecule has 2 aromatic rings. The van der Waals surface area contributed by atoms with Crippen molar-refractivity contribution in [3.05, 3.63) is 35.5 Å². The van der Waals surface area contributed by atoms with Gasteiger partial charge in [0, 0.05) is 13.6 Å². The van der Waals surface area contributed by atoms with Crippen LogP contribution in [-0.4, -0.2) is 21.9 Å². The number of halogens is 1. The smallest absolute Gasteiger partial charge is 0.216 e. The third kappa shape index (κ3) is 2.42. The Morgan fingerprint density at radius 1 is 1.44 bits per heavy atom. The second-order valence-corrected chi connectivity index (χ2v) is 3.92. The zero-order valence-corrected chi connectivity index (χ0v) is 10.6. The van der Waals surface area contributed by atoms with Gasteiger partial charge in [0.1, 0.15) is 0 Å². The van der Waals surface area contributed by atoms with Crippen LogP contribution in [0.4, 0.5) is 10.1 Å². The first-order chi connectivity index (χ1) is 8.61. The number of hydrogen-bond donors (Lipinski definition) is 1. The van der Waals surface area contributed by atoms with Gasteiger partial charge in [0.2, 0.25) is 11.8 Å². The summed E-state index contributed by atoms with van der Waals surface area (Å²) in [4.78, 5) is 3.58. The molecule has 0 radical (unpaired) electrons.